The molecule has 1 atom stereocenters. The second kappa shape index (κ2) is 5.80. The Balaban J connectivity index is 2.00. The second-order valence-electron chi connectivity index (χ2n) is 6.53. The molecule has 1 unspecified atom stereocenters. The van der Waals surface area contributed by atoms with E-state index in [0.29, 0.717) is 13.1 Å². The molecule has 0 spiro atoms. The standard InChI is InChI=1S/C14H23ClN2O3/c1-14(2,3)20-13(19)17(10-4-5-10)11-6-7-16(9-11)12(18)8-15/h10-11H,4-9H2,1-3H3. The number of amides is 2. The Morgan fingerprint density at radius 3 is 2.40 bits per heavy atom. The fourth-order valence-corrected chi connectivity index (χ4v) is 2.71. The first-order valence-electron chi connectivity index (χ1n) is 7.17. The smallest absolute Gasteiger partial charge is 0.410 e. The molecule has 1 aliphatic carbocycles. The fraction of sp³-hybridized carbons (Fsp3) is 0.857. The van der Waals surface area contributed by atoms with Gasteiger partial charge in [-0.3, -0.25) is 4.79 Å². The molecule has 0 bridgehead atoms. The number of alkyl halides is 1. The van der Waals surface area contributed by atoms with Crippen LogP contribution in [0.5, 0.6) is 0 Å². The highest BCUT2D eigenvalue weighted by molar-refractivity contribution is 6.27. The van der Waals surface area contributed by atoms with Crippen LogP contribution < -0.4 is 0 Å². The first-order chi connectivity index (χ1) is 9.31. The van der Waals surface area contributed by atoms with Crippen LogP contribution in [0.4, 0.5) is 4.79 Å². The molecule has 2 fully saturated rings. The highest BCUT2D eigenvalue weighted by atomic mass is 35.5. The number of carbonyl (C=O) groups is 2. The number of ether oxygens (including phenoxy) is 1. The Morgan fingerprint density at radius 2 is 1.90 bits per heavy atom. The van der Waals surface area contributed by atoms with Crippen molar-refractivity contribution in [3.05, 3.63) is 0 Å². The van der Waals surface area contributed by atoms with Crippen LogP contribution in [0.3, 0.4) is 0 Å². The Hall–Kier alpha value is -0.970. The second-order valence-corrected chi connectivity index (χ2v) is 6.80. The Morgan fingerprint density at radius 1 is 1.25 bits per heavy atom. The van der Waals surface area contributed by atoms with Crippen molar-refractivity contribution < 1.29 is 14.3 Å². The number of likely N-dealkylation sites (tertiary alicyclic amines) is 1. The number of nitrogens with zero attached hydrogens (tertiary/aromatic N) is 2. The van der Waals surface area contributed by atoms with Gasteiger partial charge in [0, 0.05) is 19.1 Å². The van der Waals surface area contributed by atoms with Crippen LogP contribution in [-0.4, -0.2) is 58.5 Å². The highest BCUT2D eigenvalue weighted by Gasteiger charge is 2.42. The van der Waals surface area contributed by atoms with Crippen molar-refractivity contribution in [2.75, 3.05) is 19.0 Å². The van der Waals surface area contributed by atoms with Gasteiger partial charge in [0.1, 0.15) is 11.5 Å². The number of hydrogen-bond donors (Lipinski definition) is 0. The maximum atomic E-state index is 12.3. The molecular formula is C14H23ClN2O3. The Labute approximate surface area is 125 Å². The lowest BCUT2D eigenvalue weighted by molar-refractivity contribution is -0.127. The molecule has 1 heterocycles. The summed E-state index contributed by atoms with van der Waals surface area (Å²) in [6.45, 7) is 6.85. The lowest BCUT2D eigenvalue weighted by atomic mass is 10.2. The number of rotatable bonds is 3. The molecular weight excluding hydrogens is 280 g/mol. The quantitative estimate of drug-likeness (QED) is 0.751. The molecule has 20 heavy (non-hydrogen) atoms. The van der Waals surface area contributed by atoms with E-state index in [4.69, 9.17) is 16.3 Å². The van der Waals surface area contributed by atoms with E-state index in [9.17, 15) is 9.59 Å². The number of carbonyl (C=O) groups excluding carboxylic acids is 2. The van der Waals surface area contributed by atoms with Gasteiger partial charge in [-0.2, -0.15) is 0 Å². The number of hydrogen-bond acceptors (Lipinski definition) is 3. The van der Waals surface area contributed by atoms with Crippen molar-refractivity contribution in [3.8, 4) is 0 Å². The molecule has 0 N–H and O–H groups in total. The molecule has 6 heteroatoms. The summed E-state index contributed by atoms with van der Waals surface area (Å²) in [4.78, 5) is 27.5. The number of halogens is 1. The van der Waals surface area contributed by atoms with E-state index in [1.165, 1.54) is 0 Å². The van der Waals surface area contributed by atoms with Crippen molar-refractivity contribution in [1.82, 2.24) is 9.80 Å². The summed E-state index contributed by atoms with van der Waals surface area (Å²) in [6, 6.07) is 0.338. The van der Waals surface area contributed by atoms with Gasteiger partial charge in [0.25, 0.3) is 0 Å². The molecule has 0 aromatic heterocycles. The van der Waals surface area contributed by atoms with Crippen molar-refractivity contribution in [3.63, 3.8) is 0 Å². The minimum Gasteiger partial charge on any atom is -0.444 e. The molecule has 114 valence electrons. The molecule has 2 aliphatic rings. The van der Waals surface area contributed by atoms with Crippen LogP contribution in [0.25, 0.3) is 0 Å². The van der Waals surface area contributed by atoms with Crippen LogP contribution in [-0.2, 0) is 9.53 Å². The minimum atomic E-state index is -0.492. The first kappa shape index (κ1) is 15.4. The average molecular weight is 303 g/mol. The van der Waals surface area contributed by atoms with Crippen LogP contribution in [0, 0.1) is 0 Å². The van der Waals surface area contributed by atoms with Gasteiger partial charge in [0.05, 0.1) is 6.04 Å². The monoisotopic (exact) mass is 302 g/mol. The average Bonchev–Trinajstić information content (AvgIpc) is 3.03. The topological polar surface area (TPSA) is 49.9 Å². The lowest BCUT2D eigenvalue weighted by Crippen LogP contribution is -2.46. The molecule has 1 saturated heterocycles. The Bertz CT molecular complexity index is 390. The third-order valence-electron chi connectivity index (χ3n) is 3.57. The normalized spacial score (nSPS) is 22.8. The van der Waals surface area contributed by atoms with Gasteiger partial charge in [-0.15, -0.1) is 11.6 Å². The van der Waals surface area contributed by atoms with E-state index in [2.05, 4.69) is 0 Å². The molecule has 5 nitrogen and oxygen atoms in total. The largest absolute Gasteiger partial charge is 0.444 e. The highest BCUT2D eigenvalue weighted by Crippen LogP contribution is 2.33. The van der Waals surface area contributed by atoms with E-state index in [1.54, 1.807) is 4.90 Å². The third-order valence-corrected chi connectivity index (χ3v) is 3.80. The third kappa shape index (κ3) is 3.78. The zero-order valence-corrected chi connectivity index (χ0v) is 13.2. The van der Waals surface area contributed by atoms with Gasteiger partial charge in [-0.25, -0.2) is 4.79 Å². The molecule has 2 amide bonds. The van der Waals surface area contributed by atoms with Crippen molar-refractivity contribution >= 4 is 23.6 Å². The van der Waals surface area contributed by atoms with Gasteiger partial charge >= 0.3 is 6.09 Å². The summed E-state index contributed by atoms with van der Waals surface area (Å²) in [7, 11) is 0. The van der Waals surface area contributed by atoms with Crippen LogP contribution in [0.15, 0.2) is 0 Å². The van der Waals surface area contributed by atoms with E-state index in [1.807, 2.05) is 25.7 Å². The molecule has 0 aromatic carbocycles. The molecule has 1 aliphatic heterocycles. The first-order valence-corrected chi connectivity index (χ1v) is 7.70. The zero-order valence-electron chi connectivity index (χ0n) is 12.4. The van der Waals surface area contributed by atoms with Crippen molar-refractivity contribution in [1.29, 1.82) is 0 Å². The van der Waals surface area contributed by atoms with E-state index < -0.39 is 5.60 Å². The Kier molecular flexibility index (Phi) is 4.47. The molecule has 0 radical (unpaired) electrons. The summed E-state index contributed by atoms with van der Waals surface area (Å²) in [6.07, 6.45) is 2.60. The summed E-state index contributed by atoms with van der Waals surface area (Å²) < 4.78 is 5.49. The SMILES string of the molecule is CC(C)(C)OC(=O)N(C1CC1)C1CCN(C(=O)CCl)C1. The van der Waals surface area contributed by atoms with Crippen LogP contribution in [0.1, 0.15) is 40.0 Å². The summed E-state index contributed by atoms with van der Waals surface area (Å²) in [5, 5.41) is 0. The summed E-state index contributed by atoms with van der Waals surface area (Å²) in [5.41, 5.74) is -0.492. The fourth-order valence-electron chi connectivity index (χ4n) is 2.54. The molecule has 0 aromatic rings. The summed E-state index contributed by atoms with van der Waals surface area (Å²) in [5.74, 6) is -0.0585. The molecule has 2 rings (SSSR count). The molecule has 1 saturated carbocycles. The van der Waals surface area contributed by atoms with Crippen molar-refractivity contribution in [2.45, 2.75) is 57.7 Å². The van der Waals surface area contributed by atoms with E-state index in [-0.39, 0.29) is 30.0 Å². The van der Waals surface area contributed by atoms with Crippen molar-refractivity contribution in [2.24, 2.45) is 0 Å². The van der Waals surface area contributed by atoms with Gasteiger partial charge in [0.2, 0.25) is 5.91 Å². The van der Waals surface area contributed by atoms with Gasteiger partial charge in [-0.05, 0) is 40.0 Å². The van der Waals surface area contributed by atoms with Crippen LogP contribution in [0.2, 0.25) is 0 Å². The van der Waals surface area contributed by atoms with Gasteiger partial charge in [0.15, 0.2) is 0 Å². The van der Waals surface area contributed by atoms with Gasteiger partial charge < -0.3 is 14.5 Å². The summed E-state index contributed by atoms with van der Waals surface area (Å²) >= 11 is 5.59. The van der Waals surface area contributed by atoms with Gasteiger partial charge in [-0.1, -0.05) is 0 Å². The maximum Gasteiger partial charge on any atom is 0.410 e. The van der Waals surface area contributed by atoms with E-state index >= 15 is 0 Å². The predicted octanol–water partition coefficient (Wildman–Crippen LogP) is 2.23. The van der Waals surface area contributed by atoms with E-state index in [0.717, 1.165) is 19.3 Å². The predicted molar refractivity (Wildman–Crippen MR) is 76.8 cm³/mol. The minimum absolute atomic E-state index is 0.00257. The maximum absolute atomic E-state index is 12.3. The lowest BCUT2D eigenvalue weighted by Gasteiger charge is -2.31. The zero-order chi connectivity index (χ0) is 14.9. The van der Waals surface area contributed by atoms with Crippen LogP contribution >= 0.6 is 11.6 Å².